The maximum absolute atomic E-state index is 13.5. The smallest absolute Gasteiger partial charge is 0.341 e. The van der Waals surface area contributed by atoms with Gasteiger partial charge in [-0.25, -0.2) is 13.6 Å². The molecule has 0 fully saturated rings. The molecule has 74 valence electrons. The topological polar surface area (TPSA) is 37.3 Å². The maximum atomic E-state index is 13.5. The van der Waals surface area contributed by atoms with Gasteiger partial charge in [-0.3, -0.25) is 0 Å². The van der Waals surface area contributed by atoms with Crippen LogP contribution in [-0.4, -0.2) is 11.1 Å². The minimum Gasteiger partial charge on any atom is -0.477 e. The van der Waals surface area contributed by atoms with E-state index in [1.165, 1.54) is 0 Å². The SMILES string of the molecule is O=C(O)c1c(F)cc2c(c1F)CCC2. The van der Waals surface area contributed by atoms with Gasteiger partial charge in [-0.05, 0) is 36.5 Å². The summed E-state index contributed by atoms with van der Waals surface area (Å²) in [5.74, 6) is -3.42. The molecule has 0 spiro atoms. The van der Waals surface area contributed by atoms with Crippen LogP contribution in [-0.2, 0) is 12.8 Å². The number of carbonyl (C=O) groups is 1. The summed E-state index contributed by atoms with van der Waals surface area (Å²) in [5, 5.41) is 8.60. The van der Waals surface area contributed by atoms with Gasteiger partial charge in [0.15, 0.2) is 0 Å². The molecule has 1 aliphatic rings. The highest BCUT2D eigenvalue weighted by Gasteiger charge is 2.25. The predicted octanol–water partition coefficient (Wildman–Crippen LogP) is 2.15. The molecule has 2 rings (SSSR count). The number of rotatable bonds is 1. The number of benzene rings is 1. The van der Waals surface area contributed by atoms with E-state index in [9.17, 15) is 13.6 Å². The number of fused-ring (bicyclic) bond motifs is 1. The Bertz CT molecular complexity index is 413. The summed E-state index contributed by atoms with van der Waals surface area (Å²) in [7, 11) is 0. The molecule has 0 heterocycles. The number of carboxylic acids is 1. The number of aryl methyl sites for hydroxylation is 1. The Kier molecular flexibility index (Phi) is 1.98. The first-order valence-electron chi connectivity index (χ1n) is 4.34. The fourth-order valence-electron chi connectivity index (χ4n) is 1.85. The summed E-state index contributed by atoms with van der Waals surface area (Å²) in [4.78, 5) is 10.6. The van der Waals surface area contributed by atoms with E-state index >= 15 is 0 Å². The van der Waals surface area contributed by atoms with Crippen LogP contribution in [0.25, 0.3) is 0 Å². The summed E-state index contributed by atoms with van der Waals surface area (Å²) in [6, 6.07) is 1.13. The lowest BCUT2D eigenvalue weighted by Crippen LogP contribution is -2.07. The Hall–Kier alpha value is -1.45. The quantitative estimate of drug-likeness (QED) is 0.750. The van der Waals surface area contributed by atoms with Crippen molar-refractivity contribution in [1.29, 1.82) is 0 Å². The molecule has 4 heteroatoms. The fourth-order valence-corrected chi connectivity index (χ4v) is 1.85. The first kappa shape index (κ1) is 9.12. The molecule has 1 aromatic carbocycles. The number of hydrogen-bond donors (Lipinski definition) is 1. The molecule has 1 aliphatic carbocycles. The molecule has 0 atom stereocenters. The third-order valence-corrected chi connectivity index (χ3v) is 2.50. The molecule has 0 saturated carbocycles. The average Bonchev–Trinajstić information content (AvgIpc) is 2.50. The number of halogens is 2. The Morgan fingerprint density at radius 1 is 1.36 bits per heavy atom. The number of hydrogen-bond acceptors (Lipinski definition) is 1. The molecular weight excluding hydrogens is 190 g/mol. The predicted molar refractivity (Wildman–Crippen MR) is 45.3 cm³/mol. The molecule has 14 heavy (non-hydrogen) atoms. The van der Waals surface area contributed by atoms with Crippen molar-refractivity contribution in [2.75, 3.05) is 0 Å². The molecule has 1 N–H and O–H groups in total. The summed E-state index contributed by atoms with van der Waals surface area (Å²) >= 11 is 0. The van der Waals surface area contributed by atoms with E-state index < -0.39 is 23.2 Å². The van der Waals surface area contributed by atoms with Gasteiger partial charge in [0.2, 0.25) is 0 Å². The minimum absolute atomic E-state index is 0.365. The molecule has 0 amide bonds. The summed E-state index contributed by atoms with van der Waals surface area (Å²) in [6.45, 7) is 0. The van der Waals surface area contributed by atoms with E-state index in [-0.39, 0.29) is 0 Å². The van der Waals surface area contributed by atoms with Crippen LogP contribution in [0.1, 0.15) is 27.9 Å². The molecule has 0 aliphatic heterocycles. The first-order valence-corrected chi connectivity index (χ1v) is 4.34. The highest BCUT2D eigenvalue weighted by Crippen LogP contribution is 2.28. The second kappa shape index (κ2) is 3.04. The van der Waals surface area contributed by atoms with Gasteiger partial charge in [0, 0.05) is 0 Å². The van der Waals surface area contributed by atoms with Gasteiger partial charge in [0.05, 0.1) is 0 Å². The Morgan fingerprint density at radius 3 is 2.71 bits per heavy atom. The zero-order valence-electron chi connectivity index (χ0n) is 7.31. The highest BCUT2D eigenvalue weighted by molar-refractivity contribution is 5.88. The van der Waals surface area contributed by atoms with Crippen molar-refractivity contribution in [3.63, 3.8) is 0 Å². The van der Waals surface area contributed by atoms with Crippen LogP contribution >= 0.6 is 0 Å². The van der Waals surface area contributed by atoms with Crippen molar-refractivity contribution in [2.45, 2.75) is 19.3 Å². The van der Waals surface area contributed by atoms with E-state index in [0.717, 1.165) is 12.5 Å². The van der Waals surface area contributed by atoms with Gasteiger partial charge in [0.1, 0.15) is 17.2 Å². The van der Waals surface area contributed by atoms with E-state index in [2.05, 4.69) is 0 Å². The maximum Gasteiger partial charge on any atom is 0.341 e. The van der Waals surface area contributed by atoms with Crippen LogP contribution in [0.5, 0.6) is 0 Å². The van der Waals surface area contributed by atoms with E-state index in [1.54, 1.807) is 0 Å². The van der Waals surface area contributed by atoms with Crippen LogP contribution < -0.4 is 0 Å². The Labute approximate surface area is 79.2 Å². The molecule has 0 radical (unpaired) electrons. The zero-order valence-corrected chi connectivity index (χ0v) is 7.31. The Balaban J connectivity index is 2.68. The largest absolute Gasteiger partial charge is 0.477 e. The van der Waals surface area contributed by atoms with Crippen molar-refractivity contribution in [3.8, 4) is 0 Å². The molecule has 0 aromatic heterocycles. The van der Waals surface area contributed by atoms with Crippen molar-refractivity contribution in [1.82, 2.24) is 0 Å². The fraction of sp³-hybridized carbons (Fsp3) is 0.300. The molecule has 0 saturated heterocycles. The van der Waals surface area contributed by atoms with Crippen molar-refractivity contribution in [2.24, 2.45) is 0 Å². The summed E-state index contributed by atoms with van der Waals surface area (Å²) < 4.78 is 26.6. The molecule has 0 unspecified atom stereocenters. The van der Waals surface area contributed by atoms with Crippen molar-refractivity contribution < 1.29 is 18.7 Å². The summed E-state index contributed by atoms with van der Waals surface area (Å²) in [6.07, 6.45) is 1.89. The van der Waals surface area contributed by atoms with Crippen LogP contribution in [0.15, 0.2) is 6.07 Å². The van der Waals surface area contributed by atoms with Crippen LogP contribution in [0.2, 0.25) is 0 Å². The lowest BCUT2D eigenvalue weighted by molar-refractivity contribution is 0.0686. The Morgan fingerprint density at radius 2 is 2.07 bits per heavy atom. The van der Waals surface area contributed by atoms with Gasteiger partial charge in [0.25, 0.3) is 0 Å². The second-order valence-corrected chi connectivity index (χ2v) is 3.34. The molecule has 2 nitrogen and oxygen atoms in total. The molecular formula is C10H8F2O2. The van der Waals surface area contributed by atoms with E-state index in [1.807, 2.05) is 0 Å². The third-order valence-electron chi connectivity index (χ3n) is 2.50. The lowest BCUT2D eigenvalue weighted by Gasteiger charge is -2.05. The highest BCUT2D eigenvalue weighted by atomic mass is 19.1. The van der Waals surface area contributed by atoms with Gasteiger partial charge in [-0.2, -0.15) is 0 Å². The normalized spacial score (nSPS) is 14.1. The summed E-state index contributed by atoms with van der Waals surface area (Å²) in [5.41, 5.74) is 0.138. The van der Waals surface area contributed by atoms with Crippen LogP contribution in [0, 0.1) is 11.6 Å². The van der Waals surface area contributed by atoms with Crippen molar-refractivity contribution >= 4 is 5.97 Å². The van der Waals surface area contributed by atoms with Gasteiger partial charge in [-0.1, -0.05) is 0 Å². The second-order valence-electron chi connectivity index (χ2n) is 3.34. The lowest BCUT2D eigenvalue weighted by atomic mass is 10.0. The minimum atomic E-state index is -1.55. The standard InChI is InChI=1S/C10H8F2O2/c11-7-4-5-2-1-3-6(5)9(12)8(7)10(13)14/h4H,1-3H2,(H,13,14). The average molecular weight is 198 g/mol. The monoisotopic (exact) mass is 198 g/mol. The molecule has 1 aromatic rings. The number of carboxylic acid groups (broad SMARTS) is 1. The third kappa shape index (κ3) is 1.18. The van der Waals surface area contributed by atoms with E-state index in [4.69, 9.17) is 5.11 Å². The van der Waals surface area contributed by atoms with Crippen LogP contribution in [0.4, 0.5) is 8.78 Å². The van der Waals surface area contributed by atoms with Gasteiger partial charge in [-0.15, -0.1) is 0 Å². The van der Waals surface area contributed by atoms with Crippen molar-refractivity contribution in [3.05, 3.63) is 34.4 Å². The first-order chi connectivity index (χ1) is 6.61. The van der Waals surface area contributed by atoms with Gasteiger partial charge >= 0.3 is 5.97 Å². The number of aromatic carboxylic acids is 1. The zero-order chi connectivity index (χ0) is 10.3. The molecule has 0 bridgehead atoms. The van der Waals surface area contributed by atoms with E-state index in [0.29, 0.717) is 24.0 Å². The van der Waals surface area contributed by atoms with Crippen LogP contribution in [0.3, 0.4) is 0 Å². The van der Waals surface area contributed by atoms with Gasteiger partial charge < -0.3 is 5.11 Å².